The van der Waals surface area contributed by atoms with Crippen LogP contribution in [0.5, 0.6) is 5.75 Å². The van der Waals surface area contributed by atoms with Crippen LogP contribution >= 0.6 is 11.8 Å². The lowest BCUT2D eigenvalue weighted by Gasteiger charge is -2.22. The molecule has 1 aliphatic heterocycles. The predicted molar refractivity (Wildman–Crippen MR) is 131 cm³/mol. The van der Waals surface area contributed by atoms with Crippen LogP contribution in [0.1, 0.15) is 55.7 Å². The molecule has 0 spiro atoms. The van der Waals surface area contributed by atoms with E-state index in [1.165, 1.54) is 23.1 Å². The molecule has 5 nitrogen and oxygen atoms in total. The van der Waals surface area contributed by atoms with Crippen molar-refractivity contribution in [2.75, 3.05) is 19.5 Å². The van der Waals surface area contributed by atoms with E-state index in [4.69, 9.17) is 9.47 Å². The van der Waals surface area contributed by atoms with Gasteiger partial charge in [-0.25, -0.2) is 0 Å². The Bertz CT molecular complexity index is 1050. The summed E-state index contributed by atoms with van der Waals surface area (Å²) in [7, 11) is 1.69. The zero-order valence-electron chi connectivity index (χ0n) is 19.7. The third-order valence-corrected chi connectivity index (χ3v) is 7.17. The molecule has 1 unspecified atom stereocenters. The molecule has 0 N–H and O–H groups in total. The number of benzene rings is 2. The minimum Gasteiger partial charge on any atom is -0.497 e. The van der Waals surface area contributed by atoms with Crippen molar-refractivity contribution in [1.29, 1.82) is 0 Å². The SMILES string of the molecule is COc1ccc(-n2c(SCC3CCCCO3)nnc2-c2cc(C(C)C)c(C)cc2C)cc1. The second-order valence-electron chi connectivity index (χ2n) is 8.82. The van der Waals surface area contributed by atoms with Crippen molar-refractivity contribution < 1.29 is 9.47 Å². The van der Waals surface area contributed by atoms with Gasteiger partial charge in [0.15, 0.2) is 11.0 Å². The lowest BCUT2D eigenvalue weighted by Crippen LogP contribution is -2.21. The molecule has 2 heterocycles. The number of ether oxygens (including phenoxy) is 2. The third kappa shape index (κ3) is 4.86. The van der Waals surface area contributed by atoms with E-state index in [0.29, 0.717) is 5.92 Å². The minimum atomic E-state index is 0.284. The van der Waals surface area contributed by atoms with Crippen LogP contribution in [0.2, 0.25) is 0 Å². The van der Waals surface area contributed by atoms with E-state index in [1.807, 2.05) is 12.1 Å². The summed E-state index contributed by atoms with van der Waals surface area (Å²) in [5.41, 5.74) is 6.04. The van der Waals surface area contributed by atoms with Gasteiger partial charge in [0, 0.05) is 23.6 Å². The van der Waals surface area contributed by atoms with Gasteiger partial charge < -0.3 is 9.47 Å². The molecule has 1 aliphatic rings. The van der Waals surface area contributed by atoms with Crippen LogP contribution < -0.4 is 4.74 Å². The summed E-state index contributed by atoms with van der Waals surface area (Å²) in [5.74, 6) is 3.05. The van der Waals surface area contributed by atoms with Crippen LogP contribution in [-0.2, 0) is 4.74 Å². The van der Waals surface area contributed by atoms with Crippen molar-refractivity contribution in [2.45, 2.75) is 64.1 Å². The zero-order chi connectivity index (χ0) is 22.7. The summed E-state index contributed by atoms with van der Waals surface area (Å²) in [4.78, 5) is 0. The van der Waals surface area contributed by atoms with Gasteiger partial charge in [-0.1, -0.05) is 31.7 Å². The molecule has 1 saturated heterocycles. The Morgan fingerprint density at radius 3 is 2.53 bits per heavy atom. The molecule has 1 aromatic heterocycles. The lowest BCUT2D eigenvalue weighted by atomic mass is 9.93. The Labute approximate surface area is 195 Å². The summed E-state index contributed by atoms with van der Waals surface area (Å²) in [6.45, 7) is 9.68. The van der Waals surface area contributed by atoms with Gasteiger partial charge in [-0.15, -0.1) is 10.2 Å². The van der Waals surface area contributed by atoms with Gasteiger partial charge in [0.1, 0.15) is 5.75 Å². The maximum atomic E-state index is 5.95. The van der Waals surface area contributed by atoms with Crippen molar-refractivity contribution in [2.24, 2.45) is 0 Å². The van der Waals surface area contributed by atoms with Crippen LogP contribution in [0, 0.1) is 13.8 Å². The first-order valence-corrected chi connectivity index (χ1v) is 12.4. The predicted octanol–water partition coefficient (Wildman–Crippen LogP) is 6.34. The van der Waals surface area contributed by atoms with Gasteiger partial charge in [-0.2, -0.15) is 0 Å². The van der Waals surface area contributed by atoms with Crippen LogP contribution in [-0.4, -0.2) is 40.3 Å². The Hall–Kier alpha value is -2.31. The monoisotopic (exact) mass is 451 g/mol. The van der Waals surface area contributed by atoms with Gasteiger partial charge in [0.25, 0.3) is 0 Å². The first-order chi connectivity index (χ1) is 15.5. The molecule has 4 rings (SSSR count). The summed E-state index contributed by atoms with van der Waals surface area (Å²) < 4.78 is 13.5. The summed E-state index contributed by atoms with van der Waals surface area (Å²) in [6, 6.07) is 12.7. The highest BCUT2D eigenvalue weighted by Crippen LogP contribution is 2.34. The number of hydrogen-bond acceptors (Lipinski definition) is 5. The van der Waals surface area contributed by atoms with Gasteiger partial charge in [-0.05, 0) is 86.1 Å². The lowest BCUT2D eigenvalue weighted by molar-refractivity contribution is 0.0315. The molecule has 1 fully saturated rings. The maximum Gasteiger partial charge on any atom is 0.196 e. The van der Waals surface area contributed by atoms with Gasteiger partial charge in [-0.3, -0.25) is 4.57 Å². The number of aryl methyl sites for hydroxylation is 2. The molecule has 6 heteroatoms. The van der Waals surface area contributed by atoms with Crippen molar-refractivity contribution in [3.05, 3.63) is 53.1 Å². The van der Waals surface area contributed by atoms with Gasteiger partial charge in [0.2, 0.25) is 0 Å². The molecule has 0 aliphatic carbocycles. The summed E-state index contributed by atoms with van der Waals surface area (Å²) in [5, 5.41) is 10.2. The van der Waals surface area contributed by atoms with Crippen molar-refractivity contribution in [3.63, 3.8) is 0 Å². The highest BCUT2D eigenvalue weighted by atomic mass is 32.2. The highest BCUT2D eigenvalue weighted by molar-refractivity contribution is 7.99. The normalized spacial score (nSPS) is 16.5. The number of aromatic nitrogens is 3. The van der Waals surface area contributed by atoms with Crippen LogP contribution in [0.15, 0.2) is 41.6 Å². The Morgan fingerprint density at radius 1 is 1.09 bits per heavy atom. The second kappa shape index (κ2) is 10.1. The van der Waals surface area contributed by atoms with Crippen molar-refractivity contribution in [3.8, 4) is 22.8 Å². The number of thioether (sulfide) groups is 1. The van der Waals surface area contributed by atoms with E-state index in [0.717, 1.165) is 53.2 Å². The van der Waals surface area contributed by atoms with Crippen molar-refractivity contribution in [1.82, 2.24) is 14.8 Å². The average Bonchev–Trinajstić information content (AvgIpc) is 3.22. The molecule has 0 amide bonds. The molecular weight excluding hydrogens is 418 g/mol. The van der Waals surface area contributed by atoms with Gasteiger partial charge in [0.05, 0.1) is 13.2 Å². The highest BCUT2D eigenvalue weighted by Gasteiger charge is 2.21. The number of rotatable bonds is 7. The number of methoxy groups -OCH3 is 1. The standard InChI is InChI=1S/C26H33N3O2S/c1-17(2)23-15-24(19(4)14-18(23)3)25-27-28-26(32-16-22-8-6-7-13-31-22)29(25)20-9-11-21(30-5)12-10-20/h9-12,14-15,17,22H,6-8,13,16H2,1-5H3. The molecular formula is C26H33N3O2S. The fraction of sp³-hybridized carbons (Fsp3) is 0.462. The minimum absolute atomic E-state index is 0.284. The van der Waals surface area contributed by atoms with E-state index in [9.17, 15) is 0 Å². The van der Waals surface area contributed by atoms with Gasteiger partial charge >= 0.3 is 0 Å². The van der Waals surface area contributed by atoms with E-state index in [-0.39, 0.29) is 6.10 Å². The largest absolute Gasteiger partial charge is 0.497 e. The zero-order valence-corrected chi connectivity index (χ0v) is 20.5. The first kappa shape index (κ1) is 22.9. The molecule has 0 saturated carbocycles. The van der Waals surface area contributed by atoms with Crippen LogP contribution in [0.3, 0.4) is 0 Å². The maximum absolute atomic E-state index is 5.95. The van der Waals surface area contributed by atoms with E-state index < -0.39 is 0 Å². The third-order valence-electron chi connectivity index (χ3n) is 6.11. The number of hydrogen-bond donors (Lipinski definition) is 0. The van der Waals surface area contributed by atoms with Crippen LogP contribution in [0.4, 0.5) is 0 Å². The number of nitrogens with zero attached hydrogens (tertiary/aromatic N) is 3. The second-order valence-corrected chi connectivity index (χ2v) is 9.80. The quantitative estimate of drug-likeness (QED) is 0.392. The first-order valence-electron chi connectivity index (χ1n) is 11.4. The van der Waals surface area contributed by atoms with Crippen LogP contribution in [0.25, 0.3) is 17.1 Å². The van der Waals surface area contributed by atoms with Crippen molar-refractivity contribution >= 4 is 11.8 Å². The fourth-order valence-corrected chi connectivity index (χ4v) is 5.36. The smallest absolute Gasteiger partial charge is 0.196 e. The Kier molecular flexibility index (Phi) is 7.21. The molecule has 0 bridgehead atoms. The Morgan fingerprint density at radius 2 is 1.88 bits per heavy atom. The summed E-state index contributed by atoms with van der Waals surface area (Å²) >= 11 is 1.73. The molecule has 2 aromatic carbocycles. The molecule has 3 aromatic rings. The molecule has 32 heavy (non-hydrogen) atoms. The molecule has 0 radical (unpaired) electrons. The van der Waals surface area contributed by atoms with E-state index >= 15 is 0 Å². The van der Waals surface area contributed by atoms with E-state index in [2.05, 4.69) is 66.7 Å². The average molecular weight is 452 g/mol. The summed E-state index contributed by atoms with van der Waals surface area (Å²) in [6.07, 6.45) is 3.80. The Balaban J connectivity index is 1.76. The molecule has 170 valence electrons. The fourth-order valence-electron chi connectivity index (χ4n) is 4.34. The van der Waals surface area contributed by atoms with E-state index in [1.54, 1.807) is 18.9 Å². The molecule has 1 atom stereocenters. The topological polar surface area (TPSA) is 49.2 Å².